The zero-order chi connectivity index (χ0) is 15.6. The SMILES string of the molecule is Cc1cc(C(NN)c2c(Cl)cnn2CCN(C)C)sc1Br. The molecule has 8 heteroatoms. The van der Waals surface area contributed by atoms with Crippen LogP contribution < -0.4 is 11.3 Å². The second-order valence-electron chi connectivity index (χ2n) is 5.11. The van der Waals surface area contributed by atoms with Crippen LogP contribution in [0.25, 0.3) is 0 Å². The van der Waals surface area contributed by atoms with Gasteiger partial charge < -0.3 is 4.90 Å². The van der Waals surface area contributed by atoms with Crippen LogP contribution in [0.15, 0.2) is 16.0 Å². The van der Waals surface area contributed by atoms with Crippen LogP contribution in [0.1, 0.15) is 22.2 Å². The van der Waals surface area contributed by atoms with Crippen molar-refractivity contribution in [2.24, 2.45) is 5.84 Å². The number of hydrogen-bond acceptors (Lipinski definition) is 5. The lowest BCUT2D eigenvalue weighted by Crippen LogP contribution is -2.31. The predicted molar refractivity (Wildman–Crippen MR) is 91.7 cm³/mol. The van der Waals surface area contributed by atoms with E-state index >= 15 is 0 Å². The molecule has 0 saturated heterocycles. The lowest BCUT2D eigenvalue weighted by Gasteiger charge is -2.18. The van der Waals surface area contributed by atoms with E-state index in [9.17, 15) is 0 Å². The van der Waals surface area contributed by atoms with Crippen LogP contribution in [0.5, 0.6) is 0 Å². The second kappa shape index (κ2) is 7.21. The quantitative estimate of drug-likeness (QED) is 0.586. The Morgan fingerprint density at radius 3 is 2.81 bits per heavy atom. The zero-order valence-corrected chi connectivity index (χ0v) is 15.4. The minimum Gasteiger partial charge on any atom is -0.308 e. The Kier molecular flexibility index (Phi) is 5.81. The van der Waals surface area contributed by atoms with Crippen LogP contribution in [0, 0.1) is 6.92 Å². The summed E-state index contributed by atoms with van der Waals surface area (Å²) in [6.45, 7) is 3.71. The molecule has 2 rings (SSSR count). The largest absolute Gasteiger partial charge is 0.308 e. The normalized spacial score (nSPS) is 13.1. The molecular formula is C13H19BrClN5S. The van der Waals surface area contributed by atoms with Crippen LogP contribution >= 0.6 is 38.9 Å². The topological polar surface area (TPSA) is 59.1 Å². The Hall–Kier alpha value is -0.440. The Morgan fingerprint density at radius 1 is 1.57 bits per heavy atom. The molecule has 2 aromatic heterocycles. The van der Waals surface area contributed by atoms with E-state index in [-0.39, 0.29) is 6.04 Å². The Morgan fingerprint density at radius 2 is 2.29 bits per heavy atom. The van der Waals surface area contributed by atoms with Crippen molar-refractivity contribution in [2.75, 3.05) is 20.6 Å². The number of likely N-dealkylation sites (N-methyl/N-ethyl adjacent to an activating group) is 1. The summed E-state index contributed by atoms with van der Waals surface area (Å²) in [5.41, 5.74) is 4.94. The highest BCUT2D eigenvalue weighted by molar-refractivity contribution is 9.11. The molecule has 0 aromatic carbocycles. The fourth-order valence-corrected chi connectivity index (χ4v) is 3.94. The predicted octanol–water partition coefficient (Wildman–Crippen LogP) is 2.78. The molecule has 0 amide bonds. The van der Waals surface area contributed by atoms with Gasteiger partial charge in [-0.25, -0.2) is 5.43 Å². The van der Waals surface area contributed by atoms with Gasteiger partial charge in [-0.3, -0.25) is 10.5 Å². The second-order valence-corrected chi connectivity index (χ2v) is 7.92. The Balaban J connectivity index is 2.35. The molecule has 0 radical (unpaired) electrons. The number of aryl methyl sites for hydroxylation is 1. The summed E-state index contributed by atoms with van der Waals surface area (Å²) < 4.78 is 3.02. The van der Waals surface area contributed by atoms with E-state index < -0.39 is 0 Å². The van der Waals surface area contributed by atoms with E-state index in [0.717, 1.165) is 27.4 Å². The van der Waals surface area contributed by atoms with Crippen LogP contribution in [-0.2, 0) is 6.54 Å². The third kappa shape index (κ3) is 3.85. The van der Waals surface area contributed by atoms with Crippen molar-refractivity contribution in [2.45, 2.75) is 19.5 Å². The molecule has 0 aliphatic heterocycles. The van der Waals surface area contributed by atoms with Gasteiger partial charge in [-0.05, 0) is 48.6 Å². The summed E-state index contributed by atoms with van der Waals surface area (Å²) in [4.78, 5) is 3.21. The van der Waals surface area contributed by atoms with Crippen LogP contribution in [-0.4, -0.2) is 35.3 Å². The van der Waals surface area contributed by atoms with Gasteiger partial charge in [0, 0.05) is 11.4 Å². The van der Waals surface area contributed by atoms with Gasteiger partial charge in [0.2, 0.25) is 0 Å². The number of thiophene rings is 1. The highest BCUT2D eigenvalue weighted by Gasteiger charge is 2.23. The molecule has 2 heterocycles. The number of hydrogen-bond donors (Lipinski definition) is 2. The number of halogens is 2. The minimum atomic E-state index is -0.169. The van der Waals surface area contributed by atoms with Gasteiger partial charge in [-0.15, -0.1) is 11.3 Å². The van der Waals surface area contributed by atoms with Gasteiger partial charge in [0.05, 0.1) is 33.3 Å². The maximum atomic E-state index is 6.33. The molecule has 2 aromatic rings. The summed E-state index contributed by atoms with van der Waals surface area (Å²) in [7, 11) is 4.06. The average molecular weight is 393 g/mol. The molecule has 5 nitrogen and oxygen atoms in total. The average Bonchev–Trinajstić information content (AvgIpc) is 2.94. The lowest BCUT2D eigenvalue weighted by molar-refractivity contribution is 0.366. The van der Waals surface area contributed by atoms with Crippen LogP contribution in [0.2, 0.25) is 5.02 Å². The van der Waals surface area contributed by atoms with Crippen molar-refractivity contribution in [1.29, 1.82) is 0 Å². The van der Waals surface area contributed by atoms with E-state index in [0.29, 0.717) is 5.02 Å². The van der Waals surface area contributed by atoms with Gasteiger partial charge in [0.25, 0.3) is 0 Å². The van der Waals surface area contributed by atoms with Crippen molar-refractivity contribution >= 4 is 38.9 Å². The van der Waals surface area contributed by atoms with E-state index in [1.165, 1.54) is 5.56 Å². The molecule has 3 N–H and O–H groups in total. The Labute approximate surface area is 142 Å². The van der Waals surface area contributed by atoms with E-state index in [4.69, 9.17) is 17.4 Å². The molecular weight excluding hydrogens is 374 g/mol. The van der Waals surface area contributed by atoms with E-state index in [1.54, 1.807) is 17.5 Å². The zero-order valence-electron chi connectivity index (χ0n) is 12.2. The molecule has 21 heavy (non-hydrogen) atoms. The molecule has 0 bridgehead atoms. The number of hydrazine groups is 1. The number of rotatable bonds is 6. The van der Waals surface area contributed by atoms with Gasteiger partial charge in [0.1, 0.15) is 0 Å². The fourth-order valence-electron chi connectivity index (χ4n) is 2.05. The third-order valence-corrected chi connectivity index (χ3v) is 5.69. The summed E-state index contributed by atoms with van der Waals surface area (Å²) in [6, 6.07) is 1.94. The molecule has 1 atom stereocenters. The van der Waals surface area contributed by atoms with Crippen molar-refractivity contribution in [1.82, 2.24) is 20.1 Å². The summed E-state index contributed by atoms with van der Waals surface area (Å²) in [5, 5.41) is 4.99. The first-order valence-electron chi connectivity index (χ1n) is 6.52. The van der Waals surface area contributed by atoms with Crippen molar-refractivity contribution in [3.8, 4) is 0 Å². The highest BCUT2D eigenvalue weighted by Crippen LogP contribution is 2.36. The fraction of sp³-hybridized carbons (Fsp3) is 0.462. The number of nitrogens with one attached hydrogen (secondary N) is 1. The van der Waals surface area contributed by atoms with Gasteiger partial charge in [0.15, 0.2) is 0 Å². The summed E-state index contributed by atoms with van der Waals surface area (Å²) in [5.74, 6) is 5.78. The van der Waals surface area contributed by atoms with Crippen molar-refractivity contribution < 1.29 is 0 Å². The number of nitrogens with zero attached hydrogens (tertiary/aromatic N) is 3. The minimum absolute atomic E-state index is 0.169. The Bertz CT molecular complexity index is 590. The van der Waals surface area contributed by atoms with Gasteiger partial charge >= 0.3 is 0 Å². The first-order valence-corrected chi connectivity index (χ1v) is 8.50. The van der Waals surface area contributed by atoms with Crippen LogP contribution in [0.3, 0.4) is 0 Å². The van der Waals surface area contributed by atoms with Gasteiger partial charge in [-0.2, -0.15) is 5.10 Å². The third-order valence-electron chi connectivity index (χ3n) is 3.19. The number of aromatic nitrogens is 2. The molecule has 0 aliphatic carbocycles. The maximum absolute atomic E-state index is 6.33. The van der Waals surface area contributed by atoms with E-state index in [1.807, 2.05) is 18.8 Å². The maximum Gasteiger partial charge on any atom is 0.0985 e. The standard InChI is InChI=1S/C13H19BrClN5S/c1-8-6-10(21-13(8)14)11(18-16)12-9(15)7-17-20(12)5-4-19(2)3/h6-7,11,18H,4-5,16H2,1-3H3. The monoisotopic (exact) mass is 391 g/mol. The van der Waals surface area contributed by atoms with Crippen molar-refractivity contribution in [3.63, 3.8) is 0 Å². The summed E-state index contributed by atoms with van der Waals surface area (Å²) in [6.07, 6.45) is 1.67. The highest BCUT2D eigenvalue weighted by atomic mass is 79.9. The molecule has 0 saturated carbocycles. The molecule has 0 spiro atoms. The lowest BCUT2D eigenvalue weighted by atomic mass is 10.1. The first kappa shape index (κ1) is 16.9. The molecule has 0 fully saturated rings. The molecule has 1 unspecified atom stereocenters. The summed E-state index contributed by atoms with van der Waals surface area (Å²) >= 11 is 11.5. The first-order chi connectivity index (χ1) is 9.93. The smallest absolute Gasteiger partial charge is 0.0985 e. The van der Waals surface area contributed by atoms with E-state index in [2.05, 4.69) is 44.3 Å². The van der Waals surface area contributed by atoms with Crippen LogP contribution in [0.4, 0.5) is 0 Å². The van der Waals surface area contributed by atoms with Crippen molar-refractivity contribution in [3.05, 3.63) is 37.2 Å². The number of nitrogens with two attached hydrogens (primary N) is 1. The molecule has 0 aliphatic rings. The van der Waals surface area contributed by atoms with Gasteiger partial charge in [-0.1, -0.05) is 11.6 Å². The molecule has 116 valence electrons.